The zero-order valence-corrected chi connectivity index (χ0v) is 15.1. The van der Waals surface area contributed by atoms with Gasteiger partial charge < -0.3 is 14.2 Å². The molecule has 0 saturated heterocycles. The van der Waals surface area contributed by atoms with E-state index in [0.29, 0.717) is 21.5 Å². The SMILES string of the molecule is CC(C)(C)OC(=O)C(Oc1ccc(Cl)cc1)Oc1ccc(Cl)cc1. The van der Waals surface area contributed by atoms with Gasteiger partial charge in [-0.2, -0.15) is 0 Å². The van der Waals surface area contributed by atoms with E-state index < -0.39 is 17.9 Å². The molecule has 0 amide bonds. The van der Waals surface area contributed by atoms with Crippen molar-refractivity contribution < 1.29 is 19.0 Å². The minimum atomic E-state index is -1.26. The minimum Gasteiger partial charge on any atom is -0.454 e. The van der Waals surface area contributed by atoms with Gasteiger partial charge in [-0.1, -0.05) is 23.2 Å². The van der Waals surface area contributed by atoms with Crippen LogP contribution in [0.3, 0.4) is 0 Å². The summed E-state index contributed by atoms with van der Waals surface area (Å²) in [4.78, 5) is 12.4. The van der Waals surface area contributed by atoms with E-state index in [1.54, 1.807) is 69.3 Å². The van der Waals surface area contributed by atoms with Crippen molar-refractivity contribution in [3.63, 3.8) is 0 Å². The number of ether oxygens (including phenoxy) is 3. The summed E-state index contributed by atoms with van der Waals surface area (Å²) in [5.74, 6) is 0.237. The Morgan fingerprint density at radius 1 is 0.833 bits per heavy atom. The number of rotatable bonds is 5. The van der Waals surface area contributed by atoms with E-state index in [-0.39, 0.29) is 0 Å². The van der Waals surface area contributed by atoms with Crippen LogP contribution in [0.25, 0.3) is 0 Å². The van der Waals surface area contributed by atoms with Gasteiger partial charge in [0.15, 0.2) is 0 Å². The number of hydrogen-bond donors (Lipinski definition) is 0. The molecule has 4 nitrogen and oxygen atoms in total. The summed E-state index contributed by atoms with van der Waals surface area (Å²) in [6.07, 6.45) is -1.26. The topological polar surface area (TPSA) is 44.8 Å². The summed E-state index contributed by atoms with van der Waals surface area (Å²) in [5.41, 5.74) is -0.665. The standard InChI is InChI=1S/C18H18Cl2O4/c1-18(2,3)24-16(21)17(22-14-8-4-12(19)5-9-14)23-15-10-6-13(20)7-11-15/h4-11,17H,1-3H3. The molecule has 0 bridgehead atoms. The fourth-order valence-corrected chi connectivity index (χ4v) is 2.00. The largest absolute Gasteiger partial charge is 0.454 e. The molecule has 0 saturated carbocycles. The third kappa shape index (κ3) is 5.95. The Morgan fingerprint density at radius 2 is 1.21 bits per heavy atom. The first kappa shape index (κ1) is 18.4. The van der Waals surface area contributed by atoms with Crippen LogP contribution in [0, 0.1) is 0 Å². The monoisotopic (exact) mass is 368 g/mol. The van der Waals surface area contributed by atoms with Crippen molar-refractivity contribution >= 4 is 29.2 Å². The van der Waals surface area contributed by atoms with E-state index in [9.17, 15) is 4.79 Å². The van der Waals surface area contributed by atoms with Crippen molar-refractivity contribution in [1.29, 1.82) is 0 Å². The molecule has 2 aromatic rings. The zero-order valence-electron chi connectivity index (χ0n) is 13.6. The molecule has 0 fully saturated rings. The molecule has 0 heterocycles. The van der Waals surface area contributed by atoms with E-state index in [1.165, 1.54) is 0 Å². The summed E-state index contributed by atoms with van der Waals surface area (Å²) in [5, 5.41) is 1.13. The fraction of sp³-hybridized carbons (Fsp3) is 0.278. The second kappa shape index (κ2) is 7.77. The Morgan fingerprint density at radius 3 is 1.54 bits per heavy atom. The predicted molar refractivity (Wildman–Crippen MR) is 93.8 cm³/mol. The first-order chi connectivity index (χ1) is 11.2. The van der Waals surface area contributed by atoms with Gasteiger partial charge in [-0.3, -0.25) is 0 Å². The van der Waals surface area contributed by atoms with Crippen LogP contribution in [-0.2, 0) is 9.53 Å². The second-order valence-corrected chi connectivity index (χ2v) is 6.88. The van der Waals surface area contributed by atoms with Crippen molar-refractivity contribution in [2.45, 2.75) is 32.7 Å². The molecule has 0 N–H and O–H groups in total. The van der Waals surface area contributed by atoms with Gasteiger partial charge in [0, 0.05) is 10.0 Å². The molecular weight excluding hydrogens is 351 g/mol. The van der Waals surface area contributed by atoms with Crippen LogP contribution in [0.2, 0.25) is 10.0 Å². The molecular formula is C18H18Cl2O4. The summed E-state index contributed by atoms with van der Waals surface area (Å²) >= 11 is 11.7. The van der Waals surface area contributed by atoms with Gasteiger partial charge in [0.05, 0.1) is 0 Å². The van der Waals surface area contributed by atoms with Gasteiger partial charge in [0.1, 0.15) is 17.1 Å². The van der Waals surface area contributed by atoms with Gasteiger partial charge in [0.25, 0.3) is 0 Å². The van der Waals surface area contributed by atoms with Crippen LogP contribution in [0.4, 0.5) is 0 Å². The van der Waals surface area contributed by atoms with Crippen LogP contribution in [0.1, 0.15) is 20.8 Å². The van der Waals surface area contributed by atoms with E-state index in [0.717, 1.165) is 0 Å². The third-order valence-corrected chi connectivity index (χ3v) is 3.22. The first-order valence-corrected chi connectivity index (χ1v) is 8.06. The Kier molecular flexibility index (Phi) is 5.97. The lowest BCUT2D eigenvalue weighted by atomic mass is 10.2. The highest BCUT2D eigenvalue weighted by Crippen LogP contribution is 2.22. The van der Waals surface area contributed by atoms with Crippen LogP contribution < -0.4 is 9.47 Å². The molecule has 0 spiro atoms. The lowest BCUT2D eigenvalue weighted by molar-refractivity contribution is -0.177. The molecule has 0 unspecified atom stereocenters. The van der Waals surface area contributed by atoms with Crippen molar-refractivity contribution in [2.24, 2.45) is 0 Å². The maximum atomic E-state index is 12.4. The van der Waals surface area contributed by atoms with E-state index in [2.05, 4.69) is 0 Å². The van der Waals surface area contributed by atoms with Crippen molar-refractivity contribution in [3.05, 3.63) is 58.6 Å². The Bertz CT molecular complexity index is 628. The number of hydrogen-bond acceptors (Lipinski definition) is 4. The predicted octanol–water partition coefficient (Wildman–Crippen LogP) is 5.12. The zero-order chi connectivity index (χ0) is 17.7. The molecule has 24 heavy (non-hydrogen) atoms. The molecule has 128 valence electrons. The van der Waals surface area contributed by atoms with Crippen molar-refractivity contribution in [1.82, 2.24) is 0 Å². The molecule has 0 aliphatic heterocycles. The van der Waals surface area contributed by atoms with Crippen LogP contribution in [-0.4, -0.2) is 17.9 Å². The number of benzene rings is 2. The van der Waals surface area contributed by atoms with E-state index in [1.807, 2.05) is 0 Å². The summed E-state index contributed by atoms with van der Waals surface area (Å²) < 4.78 is 16.6. The summed E-state index contributed by atoms with van der Waals surface area (Å²) in [6.45, 7) is 5.31. The van der Waals surface area contributed by atoms with Crippen molar-refractivity contribution in [2.75, 3.05) is 0 Å². The number of halogens is 2. The molecule has 6 heteroatoms. The lowest BCUT2D eigenvalue weighted by Gasteiger charge is -2.24. The summed E-state index contributed by atoms with van der Waals surface area (Å²) in [7, 11) is 0. The van der Waals surface area contributed by atoms with Crippen LogP contribution in [0.5, 0.6) is 11.5 Å². The van der Waals surface area contributed by atoms with Gasteiger partial charge in [-0.05, 0) is 69.3 Å². The van der Waals surface area contributed by atoms with Gasteiger partial charge in [-0.15, -0.1) is 0 Å². The smallest absolute Gasteiger partial charge is 0.390 e. The molecule has 0 aliphatic carbocycles. The average molecular weight is 369 g/mol. The first-order valence-electron chi connectivity index (χ1n) is 7.30. The van der Waals surface area contributed by atoms with Crippen LogP contribution in [0.15, 0.2) is 48.5 Å². The minimum absolute atomic E-state index is 0.434. The number of carbonyl (C=O) groups is 1. The summed E-state index contributed by atoms with van der Waals surface area (Å²) in [6, 6.07) is 13.2. The molecule has 0 aromatic heterocycles. The Balaban J connectivity index is 2.18. The van der Waals surface area contributed by atoms with Gasteiger partial charge >= 0.3 is 12.3 Å². The molecule has 0 atom stereocenters. The maximum Gasteiger partial charge on any atom is 0.390 e. The second-order valence-electron chi connectivity index (χ2n) is 6.01. The van der Waals surface area contributed by atoms with Gasteiger partial charge in [0.2, 0.25) is 0 Å². The van der Waals surface area contributed by atoms with Crippen molar-refractivity contribution in [3.8, 4) is 11.5 Å². The third-order valence-electron chi connectivity index (χ3n) is 2.71. The number of carbonyl (C=O) groups excluding carboxylic acids is 1. The normalized spacial score (nSPS) is 11.2. The molecule has 0 aliphatic rings. The Hall–Kier alpha value is -1.91. The van der Waals surface area contributed by atoms with Gasteiger partial charge in [-0.25, -0.2) is 4.79 Å². The average Bonchev–Trinajstić information content (AvgIpc) is 2.49. The molecule has 2 aromatic carbocycles. The highest BCUT2D eigenvalue weighted by atomic mass is 35.5. The highest BCUT2D eigenvalue weighted by Gasteiger charge is 2.29. The van der Waals surface area contributed by atoms with E-state index >= 15 is 0 Å². The Labute approximate surface area is 151 Å². The lowest BCUT2D eigenvalue weighted by Crippen LogP contribution is -2.39. The molecule has 0 radical (unpaired) electrons. The highest BCUT2D eigenvalue weighted by molar-refractivity contribution is 6.30. The van der Waals surface area contributed by atoms with E-state index in [4.69, 9.17) is 37.4 Å². The quantitative estimate of drug-likeness (QED) is 0.542. The fourth-order valence-electron chi connectivity index (χ4n) is 1.74. The molecule has 2 rings (SSSR count). The maximum absolute atomic E-state index is 12.4. The number of esters is 1. The van der Waals surface area contributed by atoms with Crippen LogP contribution >= 0.6 is 23.2 Å².